The van der Waals surface area contributed by atoms with E-state index < -0.39 is 0 Å². The van der Waals surface area contributed by atoms with Gasteiger partial charge in [-0.05, 0) is 41.5 Å². The number of rotatable bonds is 6. The van der Waals surface area contributed by atoms with Gasteiger partial charge in [0, 0.05) is 28.4 Å². The fourth-order valence-corrected chi connectivity index (χ4v) is 3.93. The number of carbonyl (C=O) groups is 1. The normalized spacial score (nSPS) is 12.2. The van der Waals surface area contributed by atoms with Gasteiger partial charge in [0.25, 0.3) is 0 Å². The minimum Gasteiger partial charge on any atom is -0.294 e. The smallest absolute Gasteiger partial charge is 0.164 e. The van der Waals surface area contributed by atoms with Gasteiger partial charge in [0.1, 0.15) is 0 Å². The predicted octanol–water partition coefficient (Wildman–Crippen LogP) is 5.90. The van der Waals surface area contributed by atoms with Gasteiger partial charge in [0.2, 0.25) is 0 Å². The second kappa shape index (κ2) is 7.63. The zero-order chi connectivity index (χ0) is 17.8. The number of benzene rings is 2. The summed E-state index contributed by atoms with van der Waals surface area (Å²) < 4.78 is 0. The summed E-state index contributed by atoms with van der Waals surface area (Å²) in [6, 6.07) is 24.5. The summed E-state index contributed by atoms with van der Waals surface area (Å²) >= 11 is 1.56. The van der Waals surface area contributed by atoms with Crippen molar-refractivity contribution >= 4 is 28.0 Å². The van der Waals surface area contributed by atoms with Crippen LogP contribution < -0.4 is 0 Å². The van der Waals surface area contributed by atoms with E-state index in [0.29, 0.717) is 6.42 Å². The van der Waals surface area contributed by atoms with E-state index in [1.165, 1.54) is 5.56 Å². The van der Waals surface area contributed by atoms with E-state index in [1.54, 1.807) is 11.3 Å². The molecular weight excluding hydrogens is 338 g/mol. The summed E-state index contributed by atoms with van der Waals surface area (Å²) in [6.07, 6.45) is 1.25. The van der Waals surface area contributed by atoms with Gasteiger partial charge in [-0.1, -0.05) is 54.6 Å². The standard InChI is InChI=1S/C23H19NOS/c25-23(19-12-13-26-16-19)15-20(17-6-2-1-3-7-17)14-21-11-10-18-8-4-5-9-22(18)24-21/h1-13,16,20H,14-15H2. The maximum Gasteiger partial charge on any atom is 0.164 e. The summed E-state index contributed by atoms with van der Waals surface area (Å²) in [7, 11) is 0. The van der Waals surface area contributed by atoms with Crippen molar-refractivity contribution in [2.45, 2.75) is 18.8 Å². The molecule has 2 nitrogen and oxygen atoms in total. The van der Waals surface area contributed by atoms with Crippen LogP contribution in [0, 0.1) is 0 Å². The zero-order valence-corrected chi connectivity index (χ0v) is 15.2. The number of thiophene rings is 1. The summed E-state index contributed by atoms with van der Waals surface area (Å²) in [5.41, 5.74) is 4.02. The predicted molar refractivity (Wildman–Crippen MR) is 108 cm³/mol. The van der Waals surface area contributed by atoms with Crippen LogP contribution in [0.2, 0.25) is 0 Å². The number of para-hydroxylation sites is 1. The molecule has 0 bridgehead atoms. The number of Topliss-reactive ketones (excluding diaryl/α,β-unsaturated/α-hetero) is 1. The molecule has 0 N–H and O–H groups in total. The molecule has 4 aromatic rings. The van der Waals surface area contributed by atoms with Crippen LogP contribution in [0.1, 0.15) is 34.0 Å². The van der Waals surface area contributed by atoms with E-state index in [9.17, 15) is 4.79 Å². The van der Waals surface area contributed by atoms with E-state index in [1.807, 2.05) is 53.2 Å². The number of ketones is 1. The monoisotopic (exact) mass is 357 g/mol. The van der Waals surface area contributed by atoms with Crippen molar-refractivity contribution in [3.8, 4) is 0 Å². The Kier molecular flexibility index (Phi) is 4.89. The molecule has 3 heteroatoms. The highest BCUT2D eigenvalue weighted by atomic mass is 32.1. The molecule has 26 heavy (non-hydrogen) atoms. The lowest BCUT2D eigenvalue weighted by atomic mass is 9.88. The molecule has 2 heterocycles. The molecule has 0 amide bonds. The van der Waals surface area contributed by atoms with Crippen LogP contribution in [0.3, 0.4) is 0 Å². The molecular formula is C23H19NOS. The van der Waals surface area contributed by atoms with Crippen molar-refractivity contribution in [1.82, 2.24) is 4.98 Å². The SMILES string of the molecule is O=C(CC(Cc1ccc2ccccc2n1)c1ccccc1)c1ccsc1. The summed E-state index contributed by atoms with van der Waals surface area (Å²) in [4.78, 5) is 17.5. The Hall–Kier alpha value is -2.78. The third kappa shape index (κ3) is 3.73. The minimum atomic E-state index is 0.122. The number of nitrogens with zero attached hydrogens (tertiary/aromatic N) is 1. The third-order valence-electron chi connectivity index (χ3n) is 4.66. The van der Waals surface area contributed by atoms with Crippen LogP contribution in [0.4, 0.5) is 0 Å². The lowest BCUT2D eigenvalue weighted by Crippen LogP contribution is -2.10. The topological polar surface area (TPSA) is 30.0 Å². The number of hydrogen-bond acceptors (Lipinski definition) is 3. The Balaban J connectivity index is 1.62. The minimum absolute atomic E-state index is 0.122. The average Bonchev–Trinajstić information content (AvgIpc) is 3.23. The van der Waals surface area contributed by atoms with Crippen LogP contribution in [0.25, 0.3) is 10.9 Å². The summed E-state index contributed by atoms with van der Waals surface area (Å²) in [6.45, 7) is 0. The van der Waals surface area contributed by atoms with E-state index in [2.05, 4.69) is 30.3 Å². The van der Waals surface area contributed by atoms with Gasteiger partial charge < -0.3 is 0 Å². The molecule has 0 radical (unpaired) electrons. The van der Waals surface area contributed by atoms with Gasteiger partial charge in [0.05, 0.1) is 5.52 Å². The Morgan fingerprint density at radius 1 is 0.923 bits per heavy atom. The number of hydrogen-bond donors (Lipinski definition) is 0. The van der Waals surface area contributed by atoms with E-state index in [0.717, 1.165) is 28.6 Å². The maximum atomic E-state index is 12.7. The molecule has 0 aliphatic rings. The summed E-state index contributed by atoms with van der Waals surface area (Å²) in [5.74, 6) is 0.318. The Labute approximate surface area is 157 Å². The lowest BCUT2D eigenvalue weighted by Gasteiger charge is -2.16. The van der Waals surface area contributed by atoms with Crippen LogP contribution in [0.15, 0.2) is 83.6 Å². The fourth-order valence-electron chi connectivity index (χ4n) is 3.27. The van der Waals surface area contributed by atoms with Crippen LogP contribution in [0.5, 0.6) is 0 Å². The van der Waals surface area contributed by atoms with Gasteiger partial charge >= 0.3 is 0 Å². The molecule has 0 saturated carbocycles. The molecule has 1 atom stereocenters. The van der Waals surface area contributed by atoms with Gasteiger partial charge in [0.15, 0.2) is 5.78 Å². The van der Waals surface area contributed by atoms with Crippen molar-refractivity contribution in [2.75, 3.05) is 0 Å². The largest absolute Gasteiger partial charge is 0.294 e. The average molecular weight is 357 g/mol. The highest BCUT2D eigenvalue weighted by Crippen LogP contribution is 2.27. The van der Waals surface area contributed by atoms with Gasteiger partial charge in [-0.2, -0.15) is 11.3 Å². The number of fused-ring (bicyclic) bond motifs is 1. The Bertz CT molecular complexity index is 1010. The number of carbonyl (C=O) groups excluding carboxylic acids is 1. The van der Waals surface area contributed by atoms with Crippen LogP contribution in [-0.4, -0.2) is 10.8 Å². The molecule has 4 rings (SSSR count). The highest BCUT2D eigenvalue weighted by molar-refractivity contribution is 7.08. The molecule has 0 aliphatic heterocycles. The first kappa shape index (κ1) is 16.7. The van der Waals surface area contributed by atoms with Gasteiger partial charge in [-0.15, -0.1) is 0 Å². The molecule has 0 spiro atoms. The van der Waals surface area contributed by atoms with Crippen LogP contribution >= 0.6 is 11.3 Å². The van der Waals surface area contributed by atoms with E-state index in [-0.39, 0.29) is 11.7 Å². The van der Waals surface area contributed by atoms with Crippen molar-refractivity contribution in [2.24, 2.45) is 0 Å². The molecule has 128 valence electrons. The van der Waals surface area contributed by atoms with Crippen LogP contribution in [-0.2, 0) is 6.42 Å². The molecule has 2 aromatic heterocycles. The first-order chi connectivity index (χ1) is 12.8. The Morgan fingerprint density at radius 3 is 2.54 bits per heavy atom. The molecule has 1 unspecified atom stereocenters. The third-order valence-corrected chi connectivity index (χ3v) is 5.34. The first-order valence-corrected chi connectivity index (χ1v) is 9.69. The second-order valence-electron chi connectivity index (χ2n) is 6.45. The maximum absolute atomic E-state index is 12.7. The molecule has 2 aromatic carbocycles. The van der Waals surface area contributed by atoms with Crippen molar-refractivity contribution in [3.05, 3.63) is 100 Å². The Morgan fingerprint density at radius 2 is 1.73 bits per heavy atom. The lowest BCUT2D eigenvalue weighted by molar-refractivity contribution is 0.0974. The molecule has 0 fully saturated rings. The fraction of sp³-hybridized carbons (Fsp3) is 0.130. The highest BCUT2D eigenvalue weighted by Gasteiger charge is 2.19. The summed E-state index contributed by atoms with van der Waals surface area (Å²) in [5, 5.41) is 5.02. The van der Waals surface area contributed by atoms with Gasteiger partial charge in [-0.25, -0.2) is 0 Å². The molecule has 0 aliphatic carbocycles. The number of pyridine rings is 1. The number of aromatic nitrogens is 1. The van der Waals surface area contributed by atoms with Crippen molar-refractivity contribution in [1.29, 1.82) is 0 Å². The molecule has 0 saturated heterocycles. The van der Waals surface area contributed by atoms with E-state index >= 15 is 0 Å². The van der Waals surface area contributed by atoms with Crippen molar-refractivity contribution in [3.63, 3.8) is 0 Å². The van der Waals surface area contributed by atoms with Gasteiger partial charge in [-0.3, -0.25) is 9.78 Å². The zero-order valence-electron chi connectivity index (χ0n) is 14.3. The second-order valence-corrected chi connectivity index (χ2v) is 7.23. The quantitative estimate of drug-likeness (QED) is 0.402. The van der Waals surface area contributed by atoms with E-state index in [4.69, 9.17) is 4.98 Å². The first-order valence-electron chi connectivity index (χ1n) is 8.74. The van der Waals surface area contributed by atoms with Crippen molar-refractivity contribution < 1.29 is 4.79 Å².